The molecular weight excluding hydrogens is 312 g/mol. The number of anilines is 1. The van der Waals surface area contributed by atoms with Gasteiger partial charge in [-0.05, 0) is 43.6 Å². The van der Waals surface area contributed by atoms with E-state index in [2.05, 4.69) is 28.2 Å². The van der Waals surface area contributed by atoms with Crippen molar-refractivity contribution in [3.05, 3.63) is 24.0 Å². The van der Waals surface area contributed by atoms with Gasteiger partial charge in [-0.15, -0.1) is 0 Å². The molecule has 5 nitrogen and oxygen atoms in total. The van der Waals surface area contributed by atoms with Gasteiger partial charge in [-0.3, -0.25) is 9.78 Å². The molecule has 2 unspecified atom stereocenters. The quantitative estimate of drug-likeness (QED) is 0.913. The summed E-state index contributed by atoms with van der Waals surface area (Å²) in [5, 5.41) is 12.5. The molecule has 1 saturated carbocycles. The fourth-order valence-electron chi connectivity index (χ4n) is 4.31. The number of nitrogens with one attached hydrogen (secondary N) is 1. The summed E-state index contributed by atoms with van der Waals surface area (Å²) in [6, 6.07) is 4.38. The Morgan fingerprint density at radius 1 is 1.36 bits per heavy atom. The summed E-state index contributed by atoms with van der Waals surface area (Å²) >= 11 is 0. The Morgan fingerprint density at radius 3 is 2.88 bits per heavy atom. The number of hydrogen-bond donors (Lipinski definition) is 1. The van der Waals surface area contributed by atoms with Crippen LogP contribution in [0.1, 0.15) is 57.4 Å². The van der Waals surface area contributed by atoms with E-state index in [9.17, 15) is 10.1 Å². The van der Waals surface area contributed by atoms with Crippen LogP contribution in [0.3, 0.4) is 0 Å². The van der Waals surface area contributed by atoms with E-state index >= 15 is 0 Å². The van der Waals surface area contributed by atoms with Gasteiger partial charge >= 0.3 is 0 Å². The van der Waals surface area contributed by atoms with Crippen LogP contribution in [0.2, 0.25) is 0 Å². The number of nitrogens with zero attached hydrogens (tertiary/aromatic N) is 3. The van der Waals surface area contributed by atoms with Crippen LogP contribution in [0.4, 0.5) is 5.69 Å². The van der Waals surface area contributed by atoms with E-state index in [1.54, 1.807) is 12.4 Å². The fraction of sp³-hybridized carbons (Fsp3) is 0.650. The van der Waals surface area contributed by atoms with E-state index < -0.39 is 0 Å². The number of piperidine rings is 1. The first kappa shape index (κ1) is 17.7. The van der Waals surface area contributed by atoms with Crippen molar-refractivity contribution in [2.24, 2.45) is 11.8 Å². The Labute approximate surface area is 150 Å². The molecule has 1 amide bonds. The van der Waals surface area contributed by atoms with Gasteiger partial charge in [0, 0.05) is 37.9 Å². The molecule has 2 atom stereocenters. The highest BCUT2D eigenvalue weighted by Gasteiger charge is 2.25. The van der Waals surface area contributed by atoms with Crippen molar-refractivity contribution in [3.8, 4) is 6.07 Å². The molecule has 25 heavy (non-hydrogen) atoms. The van der Waals surface area contributed by atoms with Gasteiger partial charge in [0.15, 0.2) is 0 Å². The molecule has 0 aromatic carbocycles. The smallest absolute Gasteiger partial charge is 0.220 e. The summed E-state index contributed by atoms with van der Waals surface area (Å²) in [6.45, 7) is 4.03. The number of carbonyl (C=O) groups excluding carboxylic acids is 1. The average Bonchev–Trinajstić information content (AvgIpc) is 2.62. The number of amides is 1. The zero-order valence-corrected chi connectivity index (χ0v) is 15.1. The summed E-state index contributed by atoms with van der Waals surface area (Å²) in [4.78, 5) is 18.6. The van der Waals surface area contributed by atoms with Crippen LogP contribution in [0.25, 0.3) is 0 Å². The second-order valence-electron chi connectivity index (χ2n) is 7.68. The normalized spacial score (nSPS) is 24.6. The van der Waals surface area contributed by atoms with Gasteiger partial charge in [0.25, 0.3) is 0 Å². The van der Waals surface area contributed by atoms with Gasteiger partial charge in [-0.25, -0.2) is 0 Å². The molecule has 1 aromatic heterocycles. The largest absolute Gasteiger partial charge is 0.370 e. The molecule has 1 aliphatic carbocycles. The number of aromatic nitrogens is 1. The van der Waals surface area contributed by atoms with E-state index in [0.29, 0.717) is 17.9 Å². The number of rotatable bonds is 4. The lowest BCUT2D eigenvalue weighted by atomic mass is 9.80. The van der Waals surface area contributed by atoms with Crippen molar-refractivity contribution in [1.29, 1.82) is 5.26 Å². The highest BCUT2D eigenvalue weighted by molar-refractivity contribution is 5.76. The van der Waals surface area contributed by atoms with Crippen molar-refractivity contribution in [2.45, 2.75) is 57.9 Å². The molecule has 1 saturated heterocycles. The van der Waals surface area contributed by atoms with Crippen LogP contribution in [0, 0.1) is 23.2 Å². The second-order valence-corrected chi connectivity index (χ2v) is 7.68. The zero-order valence-electron chi connectivity index (χ0n) is 15.1. The third-order valence-corrected chi connectivity index (χ3v) is 5.64. The minimum Gasteiger partial charge on any atom is -0.370 e. The van der Waals surface area contributed by atoms with Gasteiger partial charge in [-0.1, -0.05) is 19.8 Å². The first-order valence-electron chi connectivity index (χ1n) is 9.54. The molecule has 5 heteroatoms. The molecule has 0 bridgehead atoms. The summed E-state index contributed by atoms with van der Waals surface area (Å²) in [5.41, 5.74) is 1.58. The minimum atomic E-state index is 0.221. The number of hydrogen-bond acceptors (Lipinski definition) is 4. The summed E-state index contributed by atoms with van der Waals surface area (Å²) in [5.74, 6) is 1.56. The van der Waals surface area contributed by atoms with E-state index in [1.807, 2.05) is 6.07 Å². The zero-order chi connectivity index (χ0) is 17.6. The Kier molecular flexibility index (Phi) is 5.91. The van der Waals surface area contributed by atoms with Gasteiger partial charge < -0.3 is 10.2 Å². The van der Waals surface area contributed by atoms with Crippen molar-refractivity contribution in [2.75, 3.05) is 18.0 Å². The molecule has 0 radical (unpaired) electrons. The predicted octanol–water partition coefficient (Wildman–Crippen LogP) is 3.25. The van der Waals surface area contributed by atoms with Gasteiger partial charge in [0.05, 0.1) is 11.3 Å². The van der Waals surface area contributed by atoms with Gasteiger partial charge in [0.1, 0.15) is 6.07 Å². The highest BCUT2D eigenvalue weighted by Crippen LogP contribution is 2.30. The maximum atomic E-state index is 12.4. The van der Waals surface area contributed by atoms with Gasteiger partial charge in [-0.2, -0.15) is 5.26 Å². The molecule has 2 heterocycles. The molecule has 1 aliphatic heterocycles. The van der Waals surface area contributed by atoms with Crippen LogP contribution in [-0.2, 0) is 4.79 Å². The Hall–Kier alpha value is -2.09. The molecule has 1 aromatic rings. The standard InChI is InChI=1S/C20H28N4O/c1-15-3-2-4-16(11-15)12-20(25)23-18-6-9-24(10-7-18)19-5-8-22-14-17(19)13-21/h5,8,14-16,18H,2-4,6-7,9-12H2,1H3,(H,23,25). The average molecular weight is 340 g/mol. The third-order valence-electron chi connectivity index (χ3n) is 5.64. The Morgan fingerprint density at radius 2 is 2.16 bits per heavy atom. The van der Waals surface area contributed by atoms with E-state index in [1.165, 1.54) is 25.7 Å². The van der Waals surface area contributed by atoms with Crippen molar-refractivity contribution >= 4 is 11.6 Å². The third kappa shape index (κ3) is 4.72. The predicted molar refractivity (Wildman–Crippen MR) is 98.1 cm³/mol. The minimum absolute atomic E-state index is 0.221. The lowest BCUT2D eigenvalue weighted by Gasteiger charge is -2.34. The molecule has 3 rings (SSSR count). The van der Waals surface area contributed by atoms with E-state index in [0.717, 1.165) is 37.5 Å². The number of nitriles is 1. The number of pyridine rings is 1. The molecule has 1 N–H and O–H groups in total. The monoisotopic (exact) mass is 340 g/mol. The summed E-state index contributed by atoms with van der Waals surface area (Å²) < 4.78 is 0. The SMILES string of the molecule is CC1CCCC(CC(=O)NC2CCN(c3ccncc3C#N)CC2)C1. The summed E-state index contributed by atoms with van der Waals surface area (Å²) in [6.07, 6.45) is 10.9. The maximum Gasteiger partial charge on any atom is 0.220 e. The van der Waals surface area contributed by atoms with Crippen molar-refractivity contribution < 1.29 is 4.79 Å². The molecule has 2 fully saturated rings. The lowest BCUT2D eigenvalue weighted by molar-refractivity contribution is -0.123. The topological polar surface area (TPSA) is 69.0 Å². The van der Waals surface area contributed by atoms with E-state index in [-0.39, 0.29) is 11.9 Å². The van der Waals surface area contributed by atoms with Crippen LogP contribution in [0.5, 0.6) is 0 Å². The van der Waals surface area contributed by atoms with Gasteiger partial charge in [0.2, 0.25) is 5.91 Å². The van der Waals surface area contributed by atoms with Crippen LogP contribution < -0.4 is 10.2 Å². The molecule has 2 aliphatic rings. The van der Waals surface area contributed by atoms with Crippen LogP contribution in [-0.4, -0.2) is 30.0 Å². The fourth-order valence-corrected chi connectivity index (χ4v) is 4.31. The number of carbonyl (C=O) groups is 1. The van der Waals surface area contributed by atoms with E-state index in [4.69, 9.17) is 0 Å². The lowest BCUT2D eigenvalue weighted by Crippen LogP contribution is -2.45. The Balaban J connectivity index is 1.46. The highest BCUT2D eigenvalue weighted by atomic mass is 16.1. The molecule has 134 valence electrons. The molecular formula is C20H28N4O. The maximum absolute atomic E-state index is 12.4. The van der Waals surface area contributed by atoms with Crippen molar-refractivity contribution in [3.63, 3.8) is 0 Å². The summed E-state index contributed by atoms with van der Waals surface area (Å²) in [7, 11) is 0. The molecule has 0 spiro atoms. The van der Waals surface area contributed by atoms with Crippen LogP contribution in [0.15, 0.2) is 18.5 Å². The second kappa shape index (κ2) is 8.33. The Bertz CT molecular complexity index is 631. The van der Waals surface area contributed by atoms with Crippen molar-refractivity contribution in [1.82, 2.24) is 10.3 Å². The first-order valence-corrected chi connectivity index (χ1v) is 9.54. The first-order chi connectivity index (χ1) is 12.2. The van der Waals surface area contributed by atoms with Crippen LogP contribution >= 0.6 is 0 Å².